The summed E-state index contributed by atoms with van der Waals surface area (Å²) in [6, 6.07) is 1.76. The van der Waals surface area contributed by atoms with Crippen LogP contribution in [0.5, 0.6) is 0 Å². The summed E-state index contributed by atoms with van der Waals surface area (Å²) in [5.74, 6) is 1.69. The molecule has 2 aromatic heterocycles. The number of amides is 1. The number of carbonyl (C=O) groups is 1. The van der Waals surface area contributed by atoms with E-state index in [0.29, 0.717) is 55.1 Å². The first-order chi connectivity index (χ1) is 11.7. The highest BCUT2D eigenvalue weighted by Gasteiger charge is 2.40. The molecule has 126 valence electrons. The number of hydrogen-bond acceptors (Lipinski definition) is 6. The lowest BCUT2D eigenvalue weighted by atomic mass is 9.88. The SMILES string of the molecule is Cc1nc(C2CC2)oc1C(=O)NC1(c2ncccn2)CCOCC1. The Labute approximate surface area is 139 Å². The molecular weight excluding hydrogens is 308 g/mol. The van der Waals surface area contributed by atoms with Gasteiger partial charge < -0.3 is 14.5 Å². The number of carbonyl (C=O) groups excluding carboxylic acids is 1. The van der Waals surface area contributed by atoms with Gasteiger partial charge in [0.15, 0.2) is 11.7 Å². The summed E-state index contributed by atoms with van der Waals surface area (Å²) in [4.78, 5) is 25.9. The van der Waals surface area contributed by atoms with Crippen LogP contribution in [0.25, 0.3) is 0 Å². The summed E-state index contributed by atoms with van der Waals surface area (Å²) in [7, 11) is 0. The van der Waals surface area contributed by atoms with Crippen molar-refractivity contribution in [1.29, 1.82) is 0 Å². The Kier molecular flexibility index (Phi) is 3.80. The minimum Gasteiger partial charge on any atom is -0.435 e. The number of aromatic nitrogens is 3. The van der Waals surface area contributed by atoms with Gasteiger partial charge in [-0.1, -0.05) is 0 Å². The molecule has 2 fully saturated rings. The van der Waals surface area contributed by atoms with Gasteiger partial charge >= 0.3 is 0 Å². The summed E-state index contributed by atoms with van der Waals surface area (Å²) in [6.07, 6.45) is 6.81. The van der Waals surface area contributed by atoms with E-state index in [4.69, 9.17) is 9.15 Å². The molecule has 3 heterocycles. The molecule has 2 aliphatic rings. The minimum atomic E-state index is -0.629. The molecular formula is C17H20N4O3. The lowest BCUT2D eigenvalue weighted by Gasteiger charge is -2.36. The highest BCUT2D eigenvalue weighted by atomic mass is 16.5. The molecule has 1 saturated heterocycles. The van der Waals surface area contributed by atoms with Gasteiger partial charge in [-0.05, 0) is 25.8 Å². The second-order valence-corrected chi connectivity index (χ2v) is 6.46. The highest BCUT2D eigenvalue weighted by Crippen LogP contribution is 2.40. The first kappa shape index (κ1) is 15.3. The summed E-state index contributed by atoms with van der Waals surface area (Å²) in [5, 5.41) is 3.10. The third-order valence-electron chi connectivity index (χ3n) is 4.64. The van der Waals surface area contributed by atoms with E-state index in [1.807, 2.05) is 0 Å². The van der Waals surface area contributed by atoms with Crippen molar-refractivity contribution in [2.45, 2.75) is 44.1 Å². The Hall–Kier alpha value is -2.28. The quantitative estimate of drug-likeness (QED) is 0.924. The van der Waals surface area contributed by atoms with Gasteiger partial charge in [0, 0.05) is 44.4 Å². The van der Waals surface area contributed by atoms with Crippen molar-refractivity contribution in [2.75, 3.05) is 13.2 Å². The van der Waals surface area contributed by atoms with E-state index in [-0.39, 0.29) is 5.91 Å². The second kappa shape index (κ2) is 5.98. The molecule has 1 aliphatic heterocycles. The number of nitrogens with one attached hydrogen (secondary N) is 1. The molecule has 1 aliphatic carbocycles. The summed E-state index contributed by atoms with van der Waals surface area (Å²) >= 11 is 0. The molecule has 0 unspecified atom stereocenters. The maximum absolute atomic E-state index is 12.8. The van der Waals surface area contributed by atoms with Gasteiger partial charge in [0.25, 0.3) is 5.91 Å². The third-order valence-corrected chi connectivity index (χ3v) is 4.64. The fourth-order valence-electron chi connectivity index (χ4n) is 3.08. The second-order valence-electron chi connectivity index (χ2n) is 6.46. The third kappa shape index (κ3) is 2.80. The fourth-order valence-corrected chi connectivity index (χ4v) is 3.08. The summed E-state index contributed by atoms with van der Waals surface area (Å²) < 4.78 is 11.2. The molecule has 0 bridgehead atoms. The molecule has 1 saturated carbocycles. The van der Waals surface area contributed by atoms with Crippen molar-refractivity contribution in [3.8, 4) is 0 Å². The Morgan fingerprint density at radius 1 is 1.25 bits per heavy atom. The number of nitrogens with zero attached hydrogens (tertiary/aromatic N) is 3. The molecule has 0 radical (unpaired) electrons. The molecule has 7 nitrogen and oxygen atoms in total. The standard InChI is InChI=1S/C17H20N4O3/c1-11-13(24-15(20-11)12-3-4-12)14(22)21-17(5-9-23-10-6-17)16-18-7-2-8-19-16/h2,7-8,12H,3-6,9-10H2,1H3,(H,21,22). The van der Waals surface area contributed by atoms with Crippen LogP contribution in [0.2, 0.25) is 0 Å². The molecule has 1 N–H and O–H groups in total. The monoisotopic (exact) mass is 328 g/mol. The van der Waals surface area contributed by atoms with Crippen LogP contribution >= 0.6 is 0 Å². The Bertz CT molecular complexity index is 734. The van der Waals surface area contributed by atoms with Crippen LogP contribution in [0, 0.1) is 6.92 Å². The average Bonchev–Trinajstić information content (AvgIpc) is 3.39. The normalized spacial score (nSPS) is 19.9. The topological polar surface area (TPSA) is 90.1 Å². The van der Waals surface area contributed by atoms with E-state index < -0.39 is 5.54 Å². The number of oxazole rings is 1. The molecule has 2 aromatic rings. The number of hydrogen-bond donors (Lipinski definition) is 1. The van der Waals surface area contributed by atoms with Gasteiger partial charge in [-0.25, -0.2) is 15.0 Å². The zero-order valence-corrected chi connectivity index (χ0v) is 13.6. The van der Waals surface area contributed by atoms with Crippen molar-refractivity contribution in [3.63, 3.8) is 0 Å². The van der Waals surface area contributed by atoms with Gasteiger partial charge in [-0.3, -0.25) is 4.79 Å². The fraction of sp³-hybridized carbons (Fsp3) is 0.529. The van der Waals surface area contributed by atoms with E-state index in [1.54, 1.807) is 25.4 Å². The van der Waals surface area contributed by atoms with Crippen LogP contribution in [0.3, 0.4) is 0 Å². The van der Waals surface area contributed by atoms with Gasteiger partial charge in [0.2, 0.25) is 5.76 Å². The van der Waals surface area contributed by atoms with Crippen molar-refractivity contribution < 1.29 is 13.9 Å². The van der Waals surface area contributed by atoms with Crippen LogP contribution in [-0.2, 0) is 10.3 Å². The largest absolute Gasteiger partial charge is 0.435 e. The number of ether oxygens (including phenoxy) is 1. The molecule has 7 heteroatoms. The lowest BCUT2D eigenvalue weighted by Crippen LogP contribution is -2.50. The Morgan fingerprint density at radius 2 is 1.96 bits per heavy atom. The number of rotatable bonds is 4. The maximum Gasteiger partial charge on any atom is 0.289 e. The van der Waals surface area contributed by atoms with Crippen LogP contribution in [-0.4, -0.2) is 34.1 Å². The van der Waals surface area contributed by atoms with Crippen LogP contribution < -0.4 is 5.32 Å². The molecule has 0 aromatic carbocycles. The van der Waals surface area contributed by atoms with E-state index in [2.05, 4.69) is 20.3 Å². The zero-order valence-electron chi connectivity index (χ0n) is 13.6. The predicted octanol–water partition coefficient (Wildman–Crippen LogP) is 2.09. The van der Waals surface area contributed by atoms with Crippen LogP contribution in [0.4, 0.5) is 0 Å². The van der Waals surface area contributed by atoms with E-state index >= 15 is 0 Å². The highest BCUT2D eigenvalue weighted by molar-refractivity contribution is 5.93. The van der Waals surface area contributed by atoms with Crippen LogP contribution in [0.1, 0.15) is 59.6 Å². The van der Waals surface area contributed by atoms with Crippen LogP contribution in [0.15, 0.2) is 22.9 Å². The van der Waals surface area contributed by atoms with Gasteiger partial charge in [0.05, 0.1) is 5.69 Å². The Morgan fingerprint density at radius 3 is 2.62 bits per heavy atom. The molecule has 1 amide bonds. The van der Waals surface area contributed by atoms with E-state index in [0.717, 1.165) is 12.8 Å². The first-order valence-corrected chi connectivity index (χ1v) is 8.33. The van der Waals surface area contributed by atoms with Gasteiger partial charge in [0.1, 0.15) is 5.54 Å². The van der Waals surface area contributed by atoms with Crippen molar-refractivity contribution >= 4 is 5.91 Å². The van der Waals surface area contributed by atoms with Gasteiger partial charge in [-0.2, -0.15) is 0 Å². The summed E-state index contributed by atoms with van der Waals surface area (Å²) in [6.45, 7) is 2.92. The zero-order chi connectivity index (χ0) is 16.6. The van der Waals surface area contributed by atoms with E-state index in [1.165, 1.54) is 0 Å². The lowest BCUT2D eigenvalue weighted by molar-refractivity contribution is 0.0305. The minimum absolute atomic E-state index is 0.263. The summed E-state index contributed by atoms with van der Waals surface area (Å²) in [5.41, 5.74) is 0.000778. The molecule has 0 atom stereocenters. The predicted molar refractivity (Wildman–Crippen MR) is 84.4 cm³/mol. The molecule has 0 spiro atoms. The smallest absolute Gasteiger partial charge is 0.289 e. The van der Waals surface area contributed by atoms with Gasteiger partial charge in [-0.15, -0.1) is 0 Å². The molecule has 24 heavy (non-hydrogen) atoms. The molecule has 4 rings (SSSR count). The Balaban J connectivity index is 1.61. The first-order valence-electron chi connectivity index (χ1n) is 8.33. The van der Waals surface area contributed by atoms with E-state index in [9.17, 15) is 4.79 Å². The number of aryl methyl sites for hydroxylation is 1. The maximum atomic E-state index is 12.8. The van der Waals surface area contributed by atoms with Crippen molar-refractivity contribution in [1.82, 2.24) is 20.3 Å². The van der Waals surface area contributed by atoms with Crippen molar-refractivity contribution in [3.05, 3.63) is 41.6 Å². The van der Waals surface area contributed by atoms with Crippen molar-refractivity contribution in [2.24, 2.45) is 0 Å². The average molecular weight is 328 g/mol.